The lowest BCUT2D eigenvalue weighted by Gasteiger charge is -2.35. The van der Waals surface area contributed by atoms with Crippen molar-refractivity contribution >= 4 is 20.9 Å². The zero-order valence-electron chi connectivity index (χ0n) is 15.5. The van der Waals surface area contributed by atoms with Gasteiger partial charge in [-0.3, -0.25) is 4.90 Å². The van der Waals surface area contributed by atoms with Crippen LogP contribution >= 0.6 is 0 Å². The Morgan fingerprint density at radius 3 is 2.69 bits per heavy atom. The molecule has 0 N–H and O–H groups in total. The van der Waals surface area contributed by atoms with Crippen LogP contribution in [0.5, 0.6) is 0 Å². The average molecular weight is 378 g/mol. The number of fused-ring (bicyclic) bond motifs is 1. The standard InChI is InChI=1S/C19H27N3O3S/c1-3-26(23,24)16-4-5-18-17(12-16)20-19(25-18)14-6-11-22(13-14)15-7-9-21(2)10-8-15/h4-5,12,14-15H,3,6-11,13H2,1-2H3. The van der Waals surface area contributed by atoms with E-state index in [0.29, 0.717) is 28.0 Å². The molecule has 2 aliphatic rings. The molecule has 0 amide bonds. The highest BCUT2D eigenvalue weighted by Gasteiger charge is 2.33. The predicted molar refractivity (Wildman–Crippen MR) is 101 cm³/mol. The van der Waals surface area contributed by atoms with Crippen LogP contribution < -0.4 is 0 Å². The average Bonchev–Trinajstić information content (AvgIpc) is 3.28. The summed E-state index contributed by atoms with van der Waals surface area (Å²) in [5, 5.41) is 0. The molecule has 2 aliphatic heterocycles. The van der Waals surface area contributed by atoms with Gasteiger partial charge in [0.1, 0.15) is 5.52 Å². The minimum Gasteiger partial charge on any atom is -0.440 e. The number of sulfone groups is 1. The van der Waals surface area contributed by atoms with Crippen LogP contribution in [0.15, 0.2) is 27.5 Å². The van der Waals surface area contributed by atoms with E-state index < -0.39 is 9.84 Å². The van der Waals surface area contributed by atoms with Gasteiger partial charge in [0.15, 0.2) is 21.3 Å². The van der Waals surface area contributed by atoms with Gasteiger partial charge >= 0.3 is 0 Å². The highest BCUT2D eigenvalue weighted by atomic mass is 32.2. The van der Waals surface area contributed by atoms with E-state index >= 15 is 0 Å². The Hall–Kier alpha value is -1.44. The zero-order chi connectivity index (χ0) is 18.3. The summed E-state index contributed by atoms with van der Waals surface area (Å²) in [7, 11) is -1.03. The minimum absolute atomic E-state index is 0.0946. The lowest BCUT2D eigenvalue weighted by Crippen LogP contribution is -2.42. The lowest BCUT2D eigenvalue weighted by molar-refractivity contribution is 0.141. The van der Waals surface area contributed by atoms with Crippen LogP contribution in [0.1, 0.15) is 38.0 Å². The normalized spacial score (nSPS) is 23.8. The first-order valence-corrected chi connectivity index (χ1v) is 11.2. The number of rotatable bonds is 4. The van der Waals surface area contributed by atoms with Crippen LogP contribution in [-0.4, -0.2) is 68.2 Å². The highest BCUT2D eigenvalue weighted by Crippen LogP contribution is 2.32. The van der Waals surface area contributed by atoms with E-state index in [0.717, 1.165) is 25.4 Å². The van der Waals surface area contributed by atoms with Crippen molar-refractivity contribution in [2.24, 2.45) is 0 Å². The topological polar surface area (TPSA) is 66.7 Å². The van der Waals surface area contributed by atoms with Gasteiger partial charge in [0, 0.05) is 18.5 Å². The Balaban J connectivity index is 1.51. The number of benzene rings is 1. The summed E-state index contributed by atoms with van der Waals surface area (Å²) < 4.78 is 30.1. The van der Waals surface area contributed by atoms with E-state index in [1.165, 1.54) is 25.9 Å². The summed E-state index contributed by atoms with van der Waals surface area (Å²) >= 11 is 0. The third-order valence-corrected chi connectivity index (χ3v) is 7.62. The van der Waals surface area contributed by atoms with Crippen molar-refractivity contribution in [3.63, 3.8) is 0 Å². The minimum atomic E-state index is -3.22. The molecule has 142 valence electrons. The van der Waals surface area contributed by atoms with Gasteiger partial charge in [-0.2, -0.15) is 0 Å². The summed E-state index contributed by atoms with van der Waals surface area (Å²) in [6, 6.07) is 5.67. The number of oxazole rings is 1. The van der Waals surface area contributed by atoms with Crippen LogP contribution in [0.25, 0.3) is 11.1 Å². The molecular weight excluding hydrogens is 350 g/mol. The fraction of sp³-hybridized carbons (Fsp3) is 0.632. The fourth-order valence-corrected chi connectivity index (χ4v) is 5.04. The van der Waals surface area contributed by atoms with E-state index in [9.17, 15) is 8.42 Å². The van der Waals surface area contributed by atoms with Crippen LogP contribution in [0.3, 0.4) is 0 Å². The number of hydrogen-bond acceptors (Lipinski definition) is 6. The molecule has 1 aromatic carbocycles. The molecule has 0 radical (unpaired) electrons. The van der Waals surface area contributed by atoms with Crippen LogP contribution in [-0.2, 0) is 9.84 Å². The Morgan fingerprint density at radius 2 is 1.96 bits per heavy atom. The summed E-state index contributed by atoms with van der Waals surface area (Å²) in [5.41, 5.74) is 1.32. The molecule has 26 heavy (non-hydrogen) atoms. The number of hydrogen-bond donors (Lipinski definition) is 0. The molecule has 1 atom stereocenters. The molecule has 6 nitrogen and oxygen atoms in total. The van der Waals surface area contributed by atoms with E-state index in [2.05, 4.69) is 21.8 Å². The lowest BCUT2D eigenvalue weighted by atomic mass is 10.0. The third-order valence-electron chi connectivity index (χ3n) is 5.89. The molecule has 2 fully saturated rings. The van der Waals surface area contributed by atoms with Crippen molar-refractivity contribution in [1.82, 2.24) is 14.8 Å². The monoisotopic (exact) mass is 377 g/mol. The Bertz CT molecular complexity index is 885. The van der Waals surface area contributed by atoms with E-state index in [1.807, 2.05) is 0 Å². The first-order chi connectivity index (χ1) is 12.5. The maximum absolute atomic E-state index is 12.1. The van der Waals surface area contributed by atoms with Gasteiger partial charge in [-0.15, -0.1) is 0 Å². The van der Waals surface area contributed by atoms with Crippen molar-refractivity contribution in [2.45, 2.75) is 43.0 Å². The fourth-order valence-electron chi connectivity index (χ4n) is 4.14. The van der Waals surface area contributed by atoms with Crippen molar-refractivity contribution in [3.8, 4) is 0 Å². The van der Waals surface area contributed by atoms with Crippen molar-refractivity contribution in [2.75, 3.05) is 39.0 Å². The van der Waals surface area contributed by atoms with Gasteiger partial charge < -0.3 is 9.32 Å². The molecule has 2 aromatic rings. The van der Waals surface area contributed by atoms with E-state index in [4.69, 9.17) is 4.42 Å². The Morgan fingerprint density at radius 1 is 1.19 bits per heavy atom. The largest absolute Gasteiger partial charge is 0.440 e. The van der Waals surface area contributed by atoms with Gasteiger partial charge in [-0.25, -0.2) is 13.4 Å². The van der Waals surface area contributed by atoms with E-state index in [1.54, 1.807) is 25.1 Å². The maximum Gasteiger partial charge on any atom is 0.199 e. The molecule has 3 heterocycles. The second kappa shape index (κ2) is 6.94. The smallest absolute Gasteiger partial charge is 0.199 e. The van der Waals surface area contributed by atoms with Crippen LogP contribution in [0.4, 0.5) is 0 Å². The third kappa shape index (κ3) is 3.40. The molecule has 1 unspecified atom stereocenters. The Kier molecular flexibility index (Phi) is 4.79. The van der Waals surface area contributed by atoms with Gasteiger partial charge in [-0.05, 0) is 64.1 Å². The van der Waals surface area contributed by atoms with Gasteiger partial charge in [-0.1, -0.05) is 6.92 Å². The van der Waals surface area contributed by atoms with Gasteiger partial charge in [0.25, 0.3) is 0 Å². The first-order valence-electron chi connectivity index (χ1n) is 9.52. The van der Waals surface area contributed by atoms with Crippen molar-refractivity contribution in [1.29, 1.82) is 0 Å². The van der Waals surface area contributed by atoms with Crippen LogP contribution in [0, 0.1) is 0 Å². The highest BCUT2D eigenvalue weighted by molar-refractivity contribution is 7.91. The Labute approximate surface area is 155 Å². The molecule has 7 heteroatoms. The second-order valence-electron chi connectivity index (χ2n) is 7.60. The number of aromatic nitrogens is 1. The molecule has 0 aliphatic carbocycles. The molecule has 0 saturated carbocycles. The molecule has 0 spiro atoms. The van der Waals surface area contributed by atoms with E-state index in [-0.39, 0.29) is 5.75 Å². The van der Waals surface area contributed by atoms with Gasteiger partial charge in [0.05, 0.1) is 10.6 Å². The molecule has 2 saturated heterocycles. The van der Waals surface area contributed by atoms with Crippen molar-refractivity contribution in [3.05, 3.63) is 24.1 Å². The maximum atomic E-state index is 12.1. The number of piperidine rings is 1. The SMILES string of the molecule is CCS(=O)(=O)c1ccc2oc(C3CCN(C4CCN(C)CC4)C3)nc2c1. The number of nitrogens with zero attached hydrogens (tertiary/aromatic N) is 3. The number of likely N-dealkylation sites (tertiary alicyclic amines) is 2. The summed E-state index contributed by atoms with van der Waals surface area (Å²) in [6.07, 6.45) is 3.52. The summed E-state index contributed by atoms with van der Waals surface area (Å²) in [4.78, 5) is 9.93. The van der Waals surface area contributed by atoms with Crippen LogP contribution in [0.2, 0.25) is 0 Å². The molecule has 1 aromatic heterocycles. The first kappa shape index (κ1) is 17.9. The quantitative estimate of drug-likeness (QED) is 0.816. The van der Waals surface area contributed by atoms with Gasteiger partial charge in [0.2, 0.25) is 0 Å². The molecule has 0 bridgehead atoms. The zero-order valence-corrected chi connectivity index (χ0v) is 16.3. The molecular formula is C19H27N3O3S. The molecule has 4 rings (SSSR count). The van der Waals surface area contributed by atoms with Crippen molar-refractivity contribution < 1.29 is 12.8 Å². The predicted octanol–water partition coefficient (Wildman–Crippen LogP) is 2.50. The summed E-state index contributed by atoms with van der Waals surface area (Å²) in [5.74, 6) is 1.15. The second-order valence-corrected chi connectivity index (χ2v) is 9.88. The summed E-state index contributed by atoms with van der Waals surface area (Å²) in [6.45, 7) is 6.07.